The highest BCUT2D eigenvalue weighted by molar-refractivity contribution is 6.01. The fraction of sp³-hybridized carbons (Fsp3) is 0.409. The highest BCUT2D eigenvalue weighted by atomic mass is 16.1. The van der Waals surface area contributed by atoms with Gasteiger partial charge in [0, 0.05) is 12.0 Å². The Bertz CT molecular complexity index is 890. The Morgan fingerprint density at radius 1 is 0.960 bits per heavy atom. The zero-order valence-electron chi connectivity index (χ0n) is 14.1. The van der Waals surface area contributed by atoms with E-state index in [2.05, 4.69) is 41.7 Å². The Morgan fingerprint density at radius 2 is 1.76 bits per heavy atom. The predicted molar refractivity (Wildman–Crippen MR) is 98.4 cm³/mol. The second-order valence-corrected chi connectivity index (χ2v) is 8.34. The van der Waals surface area contributed by atoms with Crippen LogP contribution in [0.25, 0.3) is 11.1 Å². The highest BCUT2D eigenvalue weighted by Crippen LogP contribution is 2.69. The Kier molecular flexibility index (Phi) is 2.60. The lowest BCUT2D eigenvalue weighted by atomic mass is 9.57. The second kappa shape index (κ2) is 4.66. The molecule has 2 aromatic rings. The third-order valence-electron chi connectivity index (χ3n) is 7.37. The number of rotatable bonds is 2. The summed E-state index contributed by atoms with van der Waals surface area (Å²) < 4.78 is 0. The third kappa shape index (κ3) is 1.74. The summed E-state index contributed by atoms with van der Waals surface area (Å²) in [5, 5.41) is 3.77. The normalized spacial score (nSPS) is 36.2. The highest BCUT2D eigenvalue weighted by Gasteiger charge is 2.63. The van der Waals surface area contributed by atoms with Crippen LogP contribution in [-0.4, -0.2) is 11.9 Å². The van der Waals surface area contributed by atoms with Gasteiger partial charge in [0.15, 0.2) is 0 Å². The maximum atomic E-state index is 12.0. The molecule has 3 aliphatic carbocycles. The van der Waals surface area contributed by atoms with E-state index in [1.54, 1.807) is 0 Å². The molecule has 3 fully saturated rings. The molecule has 0 aromatic heterocycles. The maximum Gasteiger partial charge on any atom is 0.250 e. The summed E-state index contributed by atoms with van der Waals surface area (Å²) in [4.78, 5) is 12.0. The van der Waals surface area contributed by atoms with E-state index >= 15 is 0 Å². The number of hydrogen-bond acceptors (Lipinski definition) is 2. The van der Waals surface area contributed by atoms with E-state index in [0.717, 1.165) is 29.4 Å². The van der Waals surface area contributed by atoms with Crippen LogP contribution in [-0.2, 0) is 0 Å². The molecule has 0 spiro atoms. The Labute approximate surface area is 147 Å². The number of fused-ring (bicyclic) bond motifs is 8. The van der Waals surface area contributed by atoms with Crippen LogP contribution in [0.1, 0.15) is 41.1 Å². The van der Waals surface area contributed by atoms with Gasteiger partial charge in [-0.15, -0.1) is 0 Å². The number of carbonyl (C=O) groups excluding carboxylic acids is 1. The monoisotopic (exact) mass is 330 g/mol. The zero-order valence-corrected chi connectivity index (χ0v) is 14.1. The first-order valence-corrected chi connectivity index (χ1v) is 9.52. The van der Waals surface area contributed by atoms with Crippen LogP contribution >= 0.6 is 0 Å². The average Bonchev–Trinajstić information content (AvgIpc) is 3.27. The van der Waals surface area contributed by atoms with Crippen LogP contribution in [0.15, 0.2) is 42.5 Å². The topological polar surface area (TPSA) is 55.1 Å². The van der Waals surface area contributed by atoms with Gasteiger partial charge < -0.3 is 11.1 Å². The van der Waals surface area contributed by atoms with Gasteiger partial charge in [-0.2, -0.15) is 0 Å². The molecule has 0 radical (unpaired) electrons. The van der Waals surface area contributed by atoms with Gasteiger partial charge in [0.2, 0.25) is 0 Å². The van der Waals surface area contributed by atoms with Crippen molar-refractivity contribution in [3.63, 3.8) is 0 Å². The Balaban J connectivity index is 1.58. The molecule has 3 nitrogen and oxygen atoms in total. The second-order valence-electron chi connectivity index (χ2n) is 8.34. The van der Waals surface area contributed by atoms with Crippen molar-refractivity contribution in [2.24, 2.45) is 29.4 Å². The van der Waals surface area contributed by atoms with Crippen LogP contribution in [0, 0.1) is 23.7 Å². The number of anilines is 1. The van der Waals surface area contributed by atoms with Crippen LogP contribution in [0.3, 0.4) is 0 Å². The first kappa shape index (κ1) is 13.9. The van der Waals surface area contributed by atoms with Gasteiger partial charge in [0.1, 0.15) is 0 Å². The first-order chi connectivity index (χ1) is 12.2. The summed E-state index contributed by atoms with van der Waals surface area (Å²) in [6, 6.07) is 15.1. The molecule has 3 heteroatoms. The molecule has 3 N–H and O–H groups in total. The molecule has 126 valence electrons. The van der Waals surface area contributed by atoms with E-state index in [-0.39, 0.29) is 5.91 Å². The fourth-order valence-corrected chi connectivity index (χ4v) is 6.16. The van der Waals surface area contributed by atoms with E-state index < -0.39 is 0 Å². The minimum absolute atomic E-state index is 0.320. The number of primary amides is 1. The standard InChI is InChI=1S/C22H22N2O/c23-22(25)15-9-6-12(11-4-2-1-3-5-11)18-19-14-8-7-13(14)16-10-17(16)21(19)24-20(15)18/h1-6,9,13-14,16-17,19,21,24H,7-8,10H2,(H2,23,25). The van der Waals surface area contributed by atoms with Gasteiger partial charge in [-0.25, -0.2) is 0 Å². The molecule has 4 aliphatic rings. The molecule has 25 heavy (non-hydrogen) atoms. The lowest BCUT2D eigenvalue weighted by Crippen LogP contribution is -2.44. The van der Waals surface area contributed by atoms with Crippen molar-refractivity contribution in [3.05, 3.63) is 53.6 Å². The van der Waals surface area contributed by atoms with Gasteiger partial charge in [-0.3, -0.25) is 4.79 Å². The molecule has 6 unspecified atom stereocenters. The minimum Gasteiger partial charge on any atom is -0.380 e. The Hall–Kier alpha value is -2.29. The van der Waals surface area contributed by atoms with E-state index in [0.29, 0.717) is 17.5 Å². The zero-order chi connectivity index (χ0) is 16.7. The number of nitrogens with two attached hydrogens (primary N) is 1. The predicted octanol–water partition coefficient (Wildman–Crippen LogP) is 4.01. The molecule has 2 aromatic carbocycles. The van der Waals surface area contributed by atoms with Crippen molar-refractivity contribution in [1.82, 2.24) is 0 Å². The first-order valence-electron chi connectivity index (χ1n) is 9.52. The van der Waals surface area contributed by atoms with E-state index in [1.165, 1.54) is 36.0 Å². The van der Waals surface area contributed by atoms with E-state index in [9.17, 15) is 4.79 Å². The van der Waals surface area contributed by atoms with Crippen LogP contribution in [0.4, 0.5) is 5.69 Å². The number of hydrogen-bond donors (Lipinski definition) is 2. The lowest BCUT2D eigenvalue weighted by Gasteiger charge is -2.47. The summed E-state index contributed by atoms with van der Waals surface area (Å²) in [5.41, 5.74) is 11.3. The molecule has 3 saturated carbocycles. The quantitative estimate of drug-likeness (QED) is 0.874. The van der Waals surface area contributed by atoms with Crippen molar-refractivity contribution < 1.29 is 4.79 Å². The smallest absolute Gasteiger partial charge is 0.250 e. The van der Waals surface area contributed by atoms with Crippen molar-refractivity contribution in [1.29, 1.82) is 0 Å². The summed E-state index contributed by atoms with van der Waals surface area (Å²) in [7, 11) is 0. The van der Waals surface area contributed by atoms with Crippen LogP contribution in [0.5, 0.6) is 0 Å². The van der Waals surface area contributed by atoms with Gasteiger partial charge in [0.25, 0.3) is 5.91 Å². The van der Waals surface area contributed by atoms with Crippen molar-refractivity contribution in [2.75, 3.05) is 5.32 Å². The number of benzene rings is 2. The Morgan fingerprint density at radius 3 is 2.48 bits per heavy atom. The summed E-state index contributed by atoms with van der Waals surface area (Å²) in [6.07, 6.45) is 4.11. The molecular weight excluding hydrogens is 308 g/mol. The van der Waals surface area contributed by atoms with Gasteiger partial charge in [0.05, 0.1) is 11.3 Å². The van der Waals surface area contributed by atoms with Gasteiger partial charge in [-0.05, 0) is 65.7 Å². The average molecular weight is 330 g/mol. The third-order valence-corrected chi connectivity index (χ3v) is 7.37. The molecule has 1 heterocycles. The van der Waals surface area contributed by atoms with Gasteiger partial charge in [-0.1, -0.05) is 36.4 Å². The van der Waals surface area contributed by atoms with E-state index in [4.69, 9.17) is 5.73 Å². The maximum absolute atomic E-state index is 12.0. The minimum atomic E-state index is -0.320. The molecule has 0 saturated heterocycles. The molecule has 1 aliphatic heterocycles. The number of carbonyl (C=O) groups is 1. The molecule has 1 amide bonds. The summed E-state index contributed by atoms with van der Waals surface area (Å²) in [5.74, 6) is 3.65. The summed E-state index contributed by atoms with van der Waals surface area (Å²) >= 11 is 0. The largest absolute Gasteiger partial charge is 0.380 e. The number of amides is 1. The molecule has 6 atom stereocenters. The van der Waals surface area contributed by atoms with Crippen LogP contribution in [0.2, 0.25) is 0 Å². The molecule has 6 rings (SSSR count). The fourth-order valence-electron chi connectivity index (χ4n) is 6.16. The molecular formula is C22H22N2O. The van der Waals surface area contributed by atoms with E-state index in [1.807, 2.05) is 6.07 Å². The lowest BCUT2D eigenvalue weighted by molar-refractivity contribution is 0.0746. The van der Waals surface area contributed by atoms with Crippen molar-refractivity contribution >= 4 is 11.6 Å². The van der Waals surface area contributed by atoms with Crippen molar-refractivity contribution in [3.8, 4) is 11.1 Å². The van der Waals surface area contributed by atoms with Crippen molar-refractivity contribution in [2.45, 2.75) is 31.2 Å². The number of nitrogens with one attached hydrogen (secondary N) is 1. The van der Waals surface area contributed by atoms with Gasteiger partial charge >= 0.3 is 0 Å². The summed E-state index contributed by atoms with van der Waals surface area (Å²) in [6.45, 7) is 0. The van der Waals surface area contributed by atoms with Crippen LogP contribution < -0.4 is 11.1 Å². The SMILES string of the molecule is NC(=O)c1ccc(-c2ccccc2)c2c1NC1C3CC3C3CCC3C21. The molecule has 0 bridgehead atoms.